The predicted molar refractivity (Wildman–Crippen MR) is 44.6 cm³/mol. The maximum atomic E-state index is 8.51. The SMILES string of the molecule is C=C(C#N)C(OCC)=C(C#N)C#N. The van der Waals surface area contributed by atoms with E-state index in [0.29, 0.717) is 0 Å². The lowest BCUT2D eigenvalue weighted by atomic mass is 10.2. The van der Waals surface area contributed by atoms with Gasteiger partial charge >= 0.3 is 0 Å². The first-order valence-corrected chi connectivity index (χ1v) is 3.47. The summed E-state index contributed by atoms with van der Waals surface area (Å²) in [4.78, 5) is 0. The van der Waals surface area contributed by atoms with Crippen molar-refractivity contribution in [2.45, 2.75) is 6.92 Å². The molecule has 0 rings (SSSR count). The van der Waals surface area contributed by atoms with Crippen molar-refractivity contribution in [2.24, 2.45) is 0 Å². The van der Waals surface area contributed by atoms with Gasteiger partial charge in [0.05, 0.1) is 12.2 Å². The van der Waals surface area contributed by atoms with E-state index in [0.717, 1.165) is 0 Å². The molecule has 0 spiro atoms. The van der Waals surface area contributed by atoms with Crippen LogP contribution in [-0.2, 0) is 4.74 Å². The van der Waals surface area contributed by atoms with Crippen LogP contribution in [0.15, 0.2) is 23.5 Å². The molecule has 4 nitrogen and oxygen atoms in total. The van der Waals surface area contributed by atoms with Gasteiger partial charge in [0.25, 0.3) is 0 Å². The van der Waals surface area contributed by atoms with E-state index in [4.69, 9.17) is 20.5 Å². The predicted octanol–water partition coefficient (Wildman–Crippen LogP) is 1.40. The molecule has 0 atom stereocenters. The molecule has 0 unspecified atom stereocenters. The Morgan fingerprint density at radius 2 is 1.77 bits per heavy atom. The zero-order valence-corrected chi connectivity index (χ0v) is 7.16. The van der Waals surface area contributed by atoms with E-state index < -0.39 is 0 Å². The molecule has 0 amide bonds. The van der Waals surface area contributed by atoms with Crippen LogP contribution in [0.3, 0.4) is 0 Å². The van der Waals surface area contributed by atoms with Crippen LogP contribution < -0.4 is 0 Å². The highest BCUT2D eigenvalue weighted by molar-refractivity contribution is 5.49. The smallest absolute Gasteiger partial charge is 0.172 e. The molecule has 0 aromatic carbocycles. The zero-order chi connectivity index (χ0) is 10.3. The molecular formula is C9H7N3O. The zero-order valence-electron chi connectivity index (χ0n) is 7.16. The van der Waals surface area contributed by atoms with E-state index in [2.05, 4.69) is 6.58 Å². The van der Waals surface area contributed by atoms with Gasteiger partial charge in [-0.25, -0.2) is 0 Å². The van der Waals surface area contributed by atoms with E-state index in [1.165, 1.54) is 0 Å². The van der Waals surface area contributed by atoms with E-state index in [-0.39, 0.29) is 23.5 Å². The van der Waals surface area contributed by atoms with Gasteiger partial charge in [-0.05, 0) is 6.92 Å². The van der Waals surface area contributed by atoms with Crippen molar-refractivity contribution in [3.05, 3.63) is 23.5 Å². The van der Waals surface area contributed by atoms with Gasteiger partial charge in [0, 0.05) is 0 Å². The van der Waals surface area contributed by atoms with Gasteiger partial charge in [-0.15, -0.1) is 0 Å². The Morgan fingerprint density at radius 3 is 2.08 bits per heavy atom. The second kappa shape index (κ2) is 5.41. The largest absolute Gasteiger partial charge is 0.490 e. The molecule has 0 N–H and O–H groups in total. The monoisotopic (exact) mass is 173 g/mol. The molecular weight excluding hydrogens is 166 g/mol. The van der Waals surface area contributed by atoms with Crippen LogP contribution in [0.5, 0.6) is 0 Å². The van der Waals surface area contributed by atoms with Gasteiger partial charge in [0.15, 0.2) is 11.3 Å². The van der Waals surface area contributed by atoms with Crippen LogP contribution in [0, 0.1) is 34.0 Å². The van der Waals surface area contributed by atoms with Crippen molar-refractivity contribution in [3.63, 3.8) is 0 Å². The molecule has 0 saturated heterocycles. The molecule has 0 aliphatic heterocycles. The summed E-state index contributed by atoms with van der Waals surface area (Å²) in [5, 5.41) is 25.5. The van der Waals surface area contributed by atoms with Gasteiger partial charge < -0.3 is 4.74 Å². The molecule has 13 heavy (non-hydrogen) atoms. The third kappa shape index (κ3) is 2.69. The van der Waals surface area contributed by atoms with E-state index >= 15 is 0 Å². The molecule has 0 aromatic heterocycles. The number of rotatable bonds is 3. The first-order valence-electron chi connectivity index (χ1n) is 3.47. The van der Waals surface area contributed by atoms with E-state index in [9.17, 15) is 0 Å². The summed E-state index contributed by atoms with van der Waals surface area (Å²) in [6, 6.07) is 4.99. The van der Waals surface area contributed by atoms with Crippen LogP contribution in [0.4, 0.5) is 0 Å². The molecule has 0 aliphatic rings. The molecule has 4 heteroatoms. The minimum absolute atomic E-state index is 0.0139. The van der Waals surface area contributed by atoms with Crippen molar-refractivity contribution in [2.75, 3.05) is 6.61 Å². The van der Waals surface area contributed by atoms with Gasteiger partial charge in [0.1, 0.15) is 18.2 Å². The molecule has 0 saturated carbocycles. The summed E-state index contributed by atoms with van der Waals surface area (Å²) in [7, 11) is 0. The van der Waals surface area contributed by atoms with Crippen molar-refractivity contribution in [3.8, 4) is 18.2 Å². The Bertz CT molecular complexity index is 344. The average Bonchev–Trinajstić information content (AvgIpc) is 2.17. The third-order valence-corrected chi connectivity index (χ3v) is 1.15. The highest BCUT2D eigenvalue weighted by Gasteiger charge is 2.10. The number of allylic oxidation sites excluding steroid dienone is 2. The van der Waals surface area contributed by atoms with Gasteiger partial charge in [-0.1, -0.05) is 6.58 Å². The maximum Gasteiger partial charge on any atom is 0.172 e. The Morgan fingerprint density at radius 1 is 1.23 bits per heavy atom. The van der Waals surface area contributed by atoms with Crippen LogP contribution in [0.25, 0.3) is 0 Å². The number of nitrogens with zero attached hydrogens (tertiary/aromatic N) is 3. The number of nitriles is 3. The second-order valence-corrected chi connectivity index (χ2v) is 1.95. The molecule has 0 aromatic rings. The Kier molecular flexibility index (Phi) is 4.47. The van der Waals surface area contributed by atoms with Crippen LogP contribution >= 0.6 is 0 Å². The highest BCUT2D eigenvalue weighted by Crippen LogP contribution is 2.13. The number of ether oxygens (including phenoxy) is 1. The van der Waals surface area contributed by atoms with Gasteiger partial charge in [0.2, 0.25) is 0 Å². The van der Waals surface area contributed by atoms with Crippen LogP contribution in [0.2, 0.25) is 0 Å². The fraction of sp³-hybridized carbons (Fsp3) is 0.222. The van der Waals surface area contributed by atoms with Crippen molar-refractivity contribution in [1.29, 1.82) is 15.8 Å². The fourth-order valence-corrected chi connectivity index (χ4v) is 0.632. The van der Waals surface area contributed by atoms with E-state index in [1.54, 1.807) is 25.1 Å². The Balaban J connectivity index is 5.17. The number of hydrogen-bond acceptors (Lipinski definition) is 4. The molecule has 0 fully saturated rings. The third-order valence-electron chi connectivity index (χ3n) is 1.15. The quantitative estimate of drug-likeness (QED) is 0.367. The van der Waals surface area contributed by atoms with Crippen molar-refractivity contribution >= 4 is 0 Å². The highest BCUT2D eigenvalue weighted by atomic mass is 16.5. The Hall–Kier alpha value is -2.25. The molecule has 0 heterocycles. The molecule has 64 valence electrons. The standard InChI is InChI=1S/C9H7N3O/c1-3-13-9(7(2)4-10)8(5-11)6-12/h2-3H2,1H3. The fourth-order valence-electron chi connectivity index (χ4n) is 0.632. The molecule has 0 aliphatic carbocycles. The minimum Gasteiger partial charge on any atom is -0.490 e. The lowest BCUT2D eigenvalue weighted by molar-refractivity contribution is 0.238. The summed E-state index contributed by atoms with van der Waals surface area (Å²) in [6.45, 7) is 5.33. The Labute approximate surface area is 76.6 Å². The van der Waals surface area contributed by atoms with Crippen LogP contribution in [-0.4, -0.2) is 6.61 Å². The topological polar surface area (TPSA) is 80.6 Å². The second-order valence-electron chi connectivity index (χ2n) is 1.95. The first-order chi connectivity index (χ1) is 6.21. The summed E-state index contributed by atoms with van der Waals surface area (Å²) in [5.74, 6) is -0.0324. The molecule has 0 radical (unpaired) electrons. The minimum atomic E-state index is -0.228. The summed E-state index contributed by atoms with van der Waals surface area (Å²) in [6.07, 6.45) is 0. The summed E-state index contributed by atoms with van der Waals surface area (Å²) < 4.78 is 4.95. The summed E-state index contributed by atoms with van der Waals surface area (Å²) >= 11 is 0. The van der Waals surface area contributed by atoms with Crippen molar-refractivity contribution < 1.29 is 4.74 Å². The lowest BCUT2D eigenvalue weighted by Crippen LogP contribution is -1.97. The summed E-state index contributed by atoms with van der Waals surface area (Å²) in [5.41, 5.74) is -0.242. The van der Waals surface area contributed by atoms with E-state index in [1.807, 2.05) is 0 Å². The van der Waals surface area contributed by atoms with Gasteiger partial charge in [-0.2, -0.15) is 15.8 Å². The number of hydrogen-bond donors (Lipinski definition) is 0. The van der Waals surface area contributed by atoms with Crippen molar-refractivity contribution in [1.82, 2.24) is 0 Å². The molecule has 0 bridgehead atoms. The lowest BCUT2D eigenvalue weighted by Gasteiger charge is -2.04. The first kappa shape index (κ1) is 10.8. The van der Waals surface area contributed by atoms with Gasteiger partial charge in [-0.3, -0.25) is 0 Å². The normalized spacial score (nSPS) is 7.23. The average molecular weight is 173 g/mol. The maximum absolute atomic E-state index is 8.51. The van der Waals surface area contributed by atoms with Crippen LogP contribution in [0.1, 0.15) is 6.92 Å².